The predicted octanol–water partition coefficient (Wildman–Crippen LogP) is 6.57. The van der Waals surface area contributed by atoms with Crippen molar-refractivity contribution in [3.05, 3.63) is 95.5 Å². The molecule has 0 aliphatic heterocycles. The molecule has 0 radical (unpaired) electrons. The van der Waals surface area contributed by atoms with Gasteiger partial charge in [0.2, 0.25) is 0 Å². The summed E-state index contributed by atoms with van der Waals surface area (Å²) < 4.78 is 7.67. The van der Waals surface area contributed by atoms with Gasteiger partial charge in [0.25, 0.3) is 0 Å². The lowest BCUT2D eigenvalue weighted by atomic mass is 10.0. The van der Waals surface area contributed by atoms with Crippen molar-refractivity contribution in [2.75, 3.05) is 7.11 Å². The first-order valence-electron chi connectivity index (χ1n) is 9.50. The molecule has 0 amide bonds. The number of methoxy groups -OCH3 is 1. The Morgan fingerprint density at radius 1 is 0.897 bits per heavy atom. The van der Waals surface area contributed by atoms with E-state index in [2.05, 4.69) is 59.2 Å². The second kappa shape index (κ2) is 7.26. The number of rotatable bonds is 4. The fraction of sp³-hybridized carbons (Fsp3) is 0.0800. The van der Waals surface area contributed by atoms with Gasteiger partial charge in [0.05, 0.1) is 18.1 Å². The first-order chi connectivity index (χ1) is 14.2. The van der Waals surface area contributed by atoms with Crippen molar-refractivity contribution in [2.24, 2.45) is 0 Å². The average Bonchev–Trinajstić information content (AvgIpc) is 3.10. The highest BCUT2D eigenvalue weighted by Gasteiger charge is 2.16. The predicted molar refractivity (Wildman–Crippen MR) is 120 cm³/mol. The Labute approximate surface area is 174 Å². The van der Waals surface area contributed by atoms with Gasteiger partial charge in [-0.1, -0.05) is 66.2 Å². The van der Waals surface area contributed by atoms with Crippen LogP contribution in [0.1, 0.15) is 5.56 Å². The average molecular weight is 399 g/mol. The van der Waals surface area contributed by atoms with Crippen molar-refractivity contribution in [1.82, 2.24) is 9.55 Å². The lowest BCUT2D eigenvalue weighted by Gasteiger charge is -2.12. The zero-order valence-electron chi connectivity index (χ0n) is 16.0. The maximum Gasteiger partial charge on any atom is 0.142 e. The molecule has 0 N–H and O–H groups in total. The molecule has 0 saturated carbocycles. The lowest BCUT2D eigenvalue weighted by molar-refractivity contribution is 0.415. The third-order valence-corrected chi connectivity index (χ3v) is 5.45. The van der Waals surface area contributed by atoms with Crippen LogP contribution < -0.4 is 4.74 Å². The molecular formula is C25H19ClN2O. The molecule has 0 atom stereocenters. The molecule has 0 bridgehead atoms. The van der Waals surface area contributed by atoms with Crippen LogP contribution in [-0.4, -0.2) is 16.7 Å². The van der Waals surface area contributed by atoms with Gasteiger partial charge in [-0.2, -0.15) is 0 Å². The molecule has 4 heteroatoms. The number of halogens is 1. The number of benzene rings is 4. The van der Waals surface area contributed by atoms with E-state index in [4.69, 9.17) is 21.3 Å². The molecule has 0 saturated heterocycles. The number of ether oxygens (including phenoxy) is 1. The Morgan fingerprint density at radius 3 is 2.59 bits per heavy atom. The van der Waals surface area contributed by atoms with Crippen LogP contribution in [0.5, 0.6) is 5.75 Å². The minimum Gasteiger partial charge on any atom is -0.497 e. The van der Waals surface area contributed by atoms with E-state index in [1.807, 2.05) is 30.3 Å². The minimum absolute atomic E-state index is 0.682. The van der Waals surface area contributed by atoms with E-state index in [-0.39, 0.29) is 0 Å². The van der Waals surface area contributed by atoms with Crippen LogP contribution in [0.4, 0.5) is 0 Å². The minimum atomic E-state index is 0.682. The number of hydrogen-bond acceptors (Lipinski definition) is 2. The van der Waals surface area contributed by atoms with Crippen LogP contribution in [-0.2, 0) is 6.54 Å². The quantitative estimate of drug-likeness (QED) is 0.342. The maximum atomic E-state index is 6.24. The Kier molecular flexibility index (Phi) is 4.45. The summed E-state index contributed by atoms with van der Waals surface area (Å²) >= 11 is 6.24. The molecule has 3 nitrogen and oxygen atoms in total. The number of nitrogens with zero attached hydrogens (tertiary/aromatic N) is 2. The van der Waals surface area contributed by atoms with Crippen LogP contribution in [0.25, 0.3) is 33.2 Å². The molecule has 1 aromatic heterocycles. The van der Waals surface area contributed by atoms with E-state index < -0.39 is 0 Å². The zero-order valence-corrected chi connectivity index (χ0v) is 16.7. The second-order valence-electron chi connectivity index (χ2n) is 7.03. The van der Waals surface area contributed by atoms with E-state index in [0.29, 0.717) is 6.54 Å². The molecule has 5 rings (SSSR count). The molecule has 29 heavy (non-hydrogen) atoms. The Bertz CT molecular complexity index is 1330. The van der Waals surface area contributed by atoms with E-state index in [0.717, 1.165) is 38.8 Å². The van der Waals surface area contributed by atoms with E-state index in [9.17, 15) is 0 Å². The molecular weight excluding hydrogens is 380 g/mol. The molecule has 142 valence electrons. The fourth-order valence-electron chi connectivity index (χ4n) is 3.84. The van der Waals surface area contributed by atoms with Gasteiger partial charge in [-0.05, 0) is 40.6 Å². The van der Waals surface area contributed by atoms with Gasteiger partial charge in [0.15, 0.2) is 0 Å². The lowest BCUT2D eigenvalue weighted by Crippen LogP contribution is -2.02. The first kappa shape index (κ1) is 17.8. The largest absolute Gasteiger partial charge is 0.497 e. The van der Waals surface area contributed by atoms with Crippen molar-refractivity contribution in [3.8, 4) is 17.1 Å². The SMILES string of the molecule is COc1ccc2c(c1)nc(-c1cccc3ccccc13)n2Cc1cccc(Cl)c1. The van der Waals surface area contributed by atoms with Gasteiger partial charge < -0.3 is 9.30 Å². The fourth-order valence-corrected chi connectivity index (χ4v) is 4.05. The Morgan fingerprint density at radius 2 is 1.72 bits per heavy atom. The van der Waals surface area contributed by atoms with Crippen molar-refractivity contribution in [3.63, 3.8) is 0 Å². The summed E-state index contributed by atoms with van der Waals surface area (Å²) in [6.45, 7) is 0.682. The number of aromatic nitrogens is 2. The molecule has 0 fully saturated rings. The Hall–Kier alpha value is -3.30. The number of hydrogen-bond donors (Lipinski definition) is 0. The summed E-state index contributed by atoms with van der Waals surface area (Å²) in [6.07, 6.45) is 0. The molecule has 1 heterocycles. The third kappa shape index (κ3) is 3.24. The molecule has 4 aromatic carbocycles. The van der Waals surface area contributed by atoms with Crippen molar-refractivity contribution in [1.29, 1.82) is 0 Å². The highest BCUT2D eigenvalue weighted by atomic mass is 35.5. The molecule has 0 aliphatic rings. The molecule has 0 spiro atoms. The molecule has 0 aliphatic carbocycles. The van der Waals surface area contributed by atoms with E-state index in [1.54, 1.807) is 7.11 Å². The summed E-state index contributed by atoms with van der Waals surface area (Å²) in [5, 5.41) is 3.12. The van der Waals surface area contributed by atoms with Crippen molar-refractivity contribution in [2.45, 2.75) is 6.54 Å². The summed E-state index contributed by atoms with van der Waals surface area (Å²) in [7, 11) is 1.68. The van der Waals surface area contributed by atoms with Crippen LogP contribution in [0.15, 0.2) is 84.9 Å². The Balaban J connectivity index is 1.77. The topological polar surface area (TPSA) is 27.1 Å². The van der Waals surface area contributed by atoms with Gasteiger partial charge >= 0.3 is 0 Å². The van der Waals surface area contributed by atoms with Crippen LogP contribution in [0.3, 0.4) is 0 Å². The monoisotopic (exact) mass is 398 g/mol. The highest BCUT2D eigenvalue weighted by molar-refractivity contribution is 6.30. The van der Waals surface area contributed by atoms with Crippen molar-refractivity contribution < 1.29 is 4.74 Å². The zero-order chi connectivity index (χ0) is 19.8. The molecule has 0 unspecified atom stereocenters. The third-order valence-electron chi connectivity index (χ3n) is 5.22. The van der Waals surface area contributed by atoms with E-state index in [1.165, 1.54) is 10.8 Å². The van der Waals surface area contributed by atoms with Crippen LogP contribution >= 0.6 is 11.6 Å². The van der Waals surface area contributed by atoms with Gasteiger partial charge in [-0.15, -0.1) is 0 Å². The first-order valence-corrected chi connectivity index (χ1v) is 9.87. The van der Waals surface area contributed by atoms with E-state index >= 15 is 0 Å². The normalized spacial score (nSPS) is 11.2. The smallest absolute Gasteiger partial charge is 0.142 e. The highest BCUT2D eigenvalue weighted by Crippen LogP contribution is 2.32. The van der Waals surface area contributed by atoms with Gasteiger partial charge in [-0.25, -0.2) is 4.98 Å². The maximum absolute atomic E-state index is 6.24. The van der Waals surface area contributed by atoms with Crippen molar-refractivity contribution >= 4 is 33.4 Å². The van der Waals surface area contributed by atoms with Gasteiger partial charge in [-0.3, -0.25) is 0 Å². The second-order valence-corrected chi connectivity index (χ2v) is 7.47. The number of fused-ring (bicyclic) bond motifs is 2. The molecule has 5 aromatic rings. The standard InChI is InChI=1S/C25H19ClN2O/c1-29-20-12-13-24-23(15-20)27-25(28(24)16-17-6-4-9-19(26)14-17)22-11-5-8-18-7-2-3-10-21(18)22/h2-15H,16H2,1H3. The van der Waals surface area contributed by atoms with Crippen LogP contribution in [0.2, 0.25) is 5.02 Å². The summed E-state index contributed by atoms with van der Waals surface area (Å²) in [4.78, 5) is 5.01. The summed E-state index contributed by atoms with van der Waals surface area (Å²) in [6, 6.07) is 28.8. The van der Waals surface area contributed by atoms with Crippen LogP contribution in [0, 0.1) is 0 Å². The van der Waals surface area contributed by atoms with Gasteiger partial charge in [0.1, 0.15) is 11.6 Å². The summed E-state index contributed by atoms with van der Waals surface area (Å²) in [5.41, 5.74) is 4.22. The number of imidazole rings is 1. The summed E-state index contributed by atoms with van der Waals surface area (Å²) in [5.74, 6) is 1.74. The van der Waals surface area contributed by atoms with Gasteiger partial charge in [0, 0.05) is 23.2 Å².